The number of hydrogen-bond donors (Lipinski definition) is 0. The molecule has 0 aromatic heterocycles. The lowest BCUT2D eigenvalue weighted by Gasteiger charge is -2.35. The molecular weight excluding hydrogens is 464 g/mol. The SMILES string of the molecule is CN1C(=CC(=O)COC(=O)C2Cc3ccccc3CN2C(=O)c2ccccc2)C(C)(C)c2ccccc21. The van der Waals surface area contributed by atoms with Crippen LogP contribution in [-0.2, 0) is 32.7 Å². The summed E-state index contributed by atoms with van der Waals surface area (Å²) in [5.41, 5.74) is 5.21. The Balaban J connectivity index is 1.33. The molecule has 188 valence electrons. The molecule has 0 radical (unpaired) electrons. The summed E-state index contributed by atoms with van der Waals surface area (Å²) < 4.78 is 5.52. The Labute approximate surface area is 217 Å². The van der Waals surface area contributed by atoms with Gasteiger partial charge in [-0.25, -0.2) is 4.79 Å². The number of hydrogen-bond acceptors (Lipinski definition) is 5. The molecule has 2 heterocycles. The highest BCUT2D eigenvalue weighted by molar-refractivity contribution is 5.98. The standard InChI is InChI=1S/C31H30N2O4/c1-31(2)25-15-9-10-16-26(25)32(3)28(31)18-24(34)20-37-30(36)27-17-22-13-7-8-14-23(22)19-33(27)29(35)21-11-5-4-6-12-21/h4-16,18,27H,17,19-20H2,1-3H3. The van der Waals surface area contributed by atoms with Gasteiger partial charge in [-0.3, -0.25) is 9.59 Å². The number of likely N-dealkylation sites (N-methyl/N-ethyl adjacent to an activating group) is 1. The maximum absolute atomic E-state index is 13.3. The minimum Gasteiger partial charge on any atom is -0.456 e. The van der Waals surface area contributed by atoms with Crippen LogP contribution in [0.3, 0.4) is 0 Å². The van der Waals surface area contributed by atoms with Gasteiger partial charge in [0.1, 0.15) is 6.04 Å². The molecule has 6 nitrogen and oxygen atoms in total. The molecule has 1 amide bonds. The summed E-state index contributed by atoms with van der Waals surface area (Å²) in [5.74, 6) is -1.11. The minimum atomic E-state index is -0.807. The van der Waals surface area contributed by atoms with Crippen LogP contribution >= 0.6 is 0 Å². The minimum absolute atomic E-state index is 0.238. The molecule has 0 aliphatic carbocycles. The van der Waals surface area contributed by atoms with Crippen LogP contribution < -0.4 is 4.90 Å². The highest BCUT2D eigenvalue weighted by atomic mass is 16.5. The highest BCUT2D eigenvalue weighted by Gasteiger charge is 2.39. The van der Waals surface area contributed by atoms with Crippen molar-refractivity contribution in [3.05, 3.63) is 113 Å². The van der Waals surface area contributed by atoms with E-state index in [-0.39, 0.29) is 23.7 Å². The van der Waals surface area contributed by atoms with Crippen molar-refractivity contribution in [3.63, 3.8) is 0 Å². The van der Waals surface area contributed by atoms with E-state index >= 15 is 0 Å². The number of rotatable bonds is 5. The van der Waals surface area contributed by atoms with E-state index in [9.17, 15) is 14.4 Å². The predicted molar refractivity (Wildman–Crippen MR) is 142 cm³/mol. The van der Waals surface area contributed by atoms with E-state index in [2.05, 4.69) is 19.9 Å². The van der Waals surface area contributed by atoms with E-state index in [1.54, 1.807) is 35.2 Å². The van der Waals surface area contributed by atoms with Crippen LogP contribution in [0.15, 0.2) is 90.6 Å². The average molecular weight is 495 g/mol. The molecule has 0 fully saturated rings. The van der Waals surface area contributed by atoms with Crippen molar-refractivity contribution in [3.8, 4) is 0 Å². The Morgan fingerprint density at radius 3 is 2.30 bits per heavy atom. The van der Waals surface area contributed by atoms with Crippen molar-refractivity contribution in [2.45, 2.75) is 38.3 Å². The molecule has 6 heteroatoms. The number of anilines is 1. The van der Waals surface area contributed by atoms with Gasteiger partial charge in [0.05, 0.1) is 0 Å². The van der Waals surface area contributed by atoms with Crippen LogP contribution in [-0.4, -0.2) is 42.3 Å². The fourth-order valence-electron chi connectivity index (χ4n) is 5.39. The van der Waals surface area contributed by atoms with Crippen molar-refractivity contribution >= 4 is 23.3 Å². The van der Waals surface area contributed by atoms with Crippen molar-refractivity contribution in [2.24, 2.45) is 0 Å². The summed E-state index contributed by atoms with van der Waals surface area (Å²) in [6.45, 7) is 4.08. The molecule has 0 saturated carbocycles. The number of allylic oxidation sites excluding steroid dienone is 1. The van der Waals surface area contributed by atoms with Gasteiger partial charge in [-0.05, 0) is 34.9 Å². The van der Waals surface area contributed by atoms with Crippen molar-refractivity contribution < 1.29 is 19.1 Å². The predicted octanol–water partition coefficient (Wildman–Crippen LogP) is 4.68. The van der Waals surface area contributed by atoms with E-state index < -0.39 is 12.0 Å². The second-order valence-corrected chi connectivity index (χ2v) is 10.1. The third kappa shape index (κ3) is 4.55. The number of carbonyl (C=O) groups excluding carboxylic acids is 3. The second-order valence-electron chi connectivity index (χ2n) is 10.1. The molecule has 2 aliphatic heterocycles. The summed E-state index contributed by atoms with van der Waals surface area (Å²) in [6, 6.07) is 23.9. The molecule has 0 saturated heterocycles. The molecule has 37 heavy (non-hydrogen) atoms. The highest BCUT2D eigenvalue weighted by Crippen LogP contribution is 2.46. The van der Waals surface area contributed by atoms with Crippen LogP contribution in [0.5, 0.6) is 0 Å². The first-order valence-corrected chi connectivity index (χ1v) is 12.4. The number of ether oxygens (including phenoxy) is 1. The summed E-state index contributed by atoms with van der Waals surface area (Å²) in [6.07, 6.45) is 1.91. The molecule has 0 bridgehead atoms. The van der Waals surface area contributed by atoms with Crippen molar-refractivity contribution in [2.75, 3.05) is 18.6 Å². The Morgan fingerprint density at radius 2 is 1.57 bits per heavy atom. The van der Waals surface area contributed by atoms with Gasteiger partial charge in [-0.1, -0.05) is 74.5 Å². The third-order valence-corrected chi connectivity index (χ3v) is 7.40. The number of carbonyl (C=O) groups is 3. The fourth-order valence-corrected chi connectivity index (χ4v) is 5.39. The van der Waals surface area contributed by atoms with Crippen LogP contribution in [0, 0.1) is 0 Å². The third-order valence-electron chi connectivity index (χ3n) is 7.40. The van der Waals surface area contributed by atoms with Crippen LogP contribution in [0.25, 0.3) is 0 Å². The molecule has 0 N–H and O–H groups in total. The lowest BCUT2D eigenvalue weighted by atomic mass is 9.83. The maximum atomic E-state index is 13.3. The second kappa shape index (κ2) is 9.69. The van der Waals surface area contributed by atoms with E-state index in [0.29, 0.717) is 18.5 Å². The van der Waals surface area contributed by atoms with Crippen molar-refractivity contribution in [1.82, 2.24) is 4.90 Å². The van der Waals surface area contributed by atoms with E-state index in [4.69, 9.17) is 4.74 Å². The zero-order valence-corrected chi connectivity index (χ0v) is 21.3. The van der Waals surface area contributed by atoms with Gasteiger partial charge in [-0.2, -0.15) is 0 Å². The molecular formula is C31H30N2O4. The Hall–Kier alpha value is -4.19. The zero-order chi connectivity index (χ0) is 26.2. The van der Waals surface area contributed by atoms with Crippen LogP contribution in [0.1, 0.15) is 40.9 Å². The molecule has 3 aromatic rings. The summed E-state index contributed by atoms with van der Waals surface area (Å²) >= 11 is 0. The Bertz CT molecular complexity index is 1390. The first kappa shape index (κ1) is 24.5. The molecule has 5 rings (SSSR count). The topological polar surface area (TPSA) is 66.9 Å². The number of nitrogens with zero attached hydrogens (tertiary/aromatic N) is 2. The summed E-state index contributed by atoms with van der Waals surface area (Å²) in [5, 5.41) is 0. The molecule has 2 aliphatic rings. The Kier molecular flexibility index (Phi) is 6.42. The van der Waals surface area contributed by atoms with Gasteiger partial charge in [0.2, 0.25) is 0 Å². The van der Waals surface area contributed by atoms with Gasteiger partial charge in [0, 0.05) is 48.5 Å². The molecule has 3 aromatic carbocycles. The number of fused-ring (bicyclic) bond motifs is 2. The van der Waals surface area contributed by atoms with Crippen LogP contribution in [0.2, 0.25) is 0 Å². The van der Waals surface area contributed by atoms with E-state index in [0.717, 1.165) is 28.1 Å². The van der Waals surface area contributed by atoms with Gasteiger partial charge in [-0.15, -0.1) is 0 Å². The van der Waals surface area contributed by atoms with Gasteiger partial charge in [0.25, 0.3) is 5.91 Å². The van der Waals surface area contributed by atoms with Gasteiger partial charge in [0.15, 0.2) is 12.4 Å². The maximum Gasteiger partial charge on any atom is 0.329 e. The smallest absolute Gasteiger partial charge is 0.329 e. The fraction of sp³-hybridized carbons (Fsp3) is 0.258. The van der Waals surface area contributed by atoms with E-state index in [1.165, 1.54) is 0 Å². The lowest BCUT2D eigenvalue weighted by Crippen LogP contribution is -2.49. The number of benzene rings is 3. The quantitative estimate of drug-likeness (QED) is 0.381. The van der Waals surface area contributed by atoms with Gasteiger partial charge >= 0.3 is 5.97 Å². The largest absolute Gasteiger partial charge is 0.456 e. The van der Waals surface area contributed by atoms with E-state index in [1.807, 2.05) is 60.5 Å². The number of esters is 1. The van der Waals surface area contributed by atoms with Crippen molar-refractivity contribution in [1.29, 1.82) is 0 Å². The average Bonchev–Trinajstić information content (AvgIpc) is 3.11. The lowest BCUT2D eigenvalue weighted by molar-refractivity contribution is -0.152. The normalized spacial score (nSPS) is 18.8. The Morgan fingerprint density at radius 1 is 0.919 bits per heavy atom. The molecule has 1 atom stereocenters. The summed E-state index contributed by atoms with van der Waals surface area (Å²) in [7, 11) is 1.94. The number of para-hydroxylation sites is 1. The zero-order valence-electron chi connectivity index (χ0n) is 21.3. The monoisotopic (exact) mass is 494 g/mol. The first-order chi connectivity index (χ1) is 17.8. The molecule has 0 spiro atoms. The number of ketones is 1. The van der Waals surface area contributed by atoms with Crippen LogP contribution in [0.4, 0.5) is 5.69 Å². The first-order valence-electron chi connectivity index (χ1n) is 12.4. The van der Waals surface area contributed by atoms with Gasteiger partial charge < -0.3 is 14.5 Å². The molecule has 1 unspecified atom stereocenters. The summed E-state index contributed by atoms with van der Waals surface area (Å²) in [4.78, 5) is 43.1. The number of amides is 1.